The molecule has 28 heavy (non-hydrogen) atoms. The minimum atomic E-state index is 0.904. The topological polar surface area (TPSA) is 59.2 Å². The lowest BCUT2D eigenvalue weighted by molar-refractivity contribution is 0.569. The van der Waals surface area contributed by atoms with Gasteiger partial charge >= 0.3 is 0 Å². The van der Waals surface area contributed by atoms with Gasteiger partial charge in [0, 0.05) is 18.5 Å². The molecular formula is C20H22N6S2. The Morgan fingerprint density at radius 2 is 1.82 bits per heavy atom. The van der Waals surface area contributed by atoms with E-state index in [2.05, 4.69) is 21.4 Å². The summed E-state index contributed by atoms with van der Waals surface area (Å²) in [5.41, 5.74) is 4.95. The molecule has 0 unspecified atom stereocenters. The molecule has 6 nitrogen and oxygen atoms in total. The van der Waals surface area contributed by atoms with Crippen molar-refractivity contribution in [2.45, 2.75) is 50.1 Å². The van der Waals surface area contributed by atoms with E-state index in [1.54, 1.807) is 29.4 Å². The highest BCUT2D eigenvalue weighted by Gasteiger charge is 2.26. The number of rotatable bonds is 2. The average molecular weight is 411 g/mol. The van der Waals surface area contributed by atoms with Crippen LogP contribution >= 0.6 is 23.1 Å². The summed E-state index contributed by atoms with van der Waals surface area (Å²) in [5.74, 6) is 1.25. The second-order valence-electron chi connectivity index (χ2n) is 7.73. The van der Waals surface area contributed by atoms with Crippen LogP contribution in [0.5, 0.6) is 0 Å². The van der Waals surface area contributed by atoms with Crippen molar-refractivity contribution < 1.29 is 0 Å². The molecule has 6 rings (SSSR count). The second-order valence-corrected chi connectivity index (χ2v) is 9.50. The van der Waals surface area contributed by atoms with Crippen molar-refractivity contribution in [1.82, 2.24) is 24.6 Å². The summed E-state index contributed by atoms with van der Waals surface area (Å²) in [6.07, 6.45) is 12.5. The number of thioether (sulfide) groups is 1. The Morgan fingerprint density at radius 1 is 1.00 bits per heavy atom. The molecule has 8 heteroatoms. The van der Waals surface area contributed by atoms with Gasteiger partial charge in [0.15, 0.2) is 10.8 Å². The zero-order valence-electron chi connectivity index (χ0n) is 15.9. The van der Waals surface area contributed by atoms with Crippen LogP contribution in [-0.4, -0.2) is 43.9 Å². The van der Waals surface area contributed by atoms with Crippen LogP contribution in [0.25, 0.3) is 26.1 Å². The molecule has 0 saturated carbocycles. The molecule has 1 aliphatic carbocycles. The number of thiophene rings is 1. The minimum Gasteiger partial charge on any atom is -0.356 e. The number of aryl methyl sites for hydroxylation is 1. The zero-order valence-corrected chi connectivity index (χ0v) is 17.6. The molecule has 0 N–H and O–H groups in total. The maximum atomic E-state index is 5.24. The van der Waals surface area contributed by atoms with Crippen LogP contribution in [-0.2, 0) is 12.8 Å². The zero-order chi connectivity index (χ0) is 18.7. The SMILES string of the molecule is CSc1nc2c(sc3nc(N4CCCCC4)c4c(c32)CCCC4)c2nncn12. The van der Waals surface area contributed by atoms with Crippen LogP contribution in [0.15, 0.2) is 11.5 Å². The van der Waals surface area contributed by atoms with E-state index in [9.17, 15) is 0 Å². The molecule has 0 radical (unpaired) electrons. The lowest BCUT2D eigenvalue weighted by Gasteiger charge is -2.31. The van der Waals surface area contributed by atoms with Gasteiger partial charge in [-0.15, -0.1) is 21.5 Å². The molecule has 5 heterocycles. The van der Waals surface area contributed by atoms with E-state index in [1.165, 1.54) is 54.4 Å². The Bertz CT molecular complexity index is 1200. The van der Waals surface area contributed by atoms with Crippen molar-refractivity contribution >= 4 is 55.0 Å². The maximum Gasteiger partial charge on any atom is 0.182 e. The molecule has 1 saturated heterocycles. The highest BCUT2D eigenvalue weighted by atomic mass is 32.2. The molecule has 1 fully saturated rings. The third-order valence-electron chi connectivity index (χ3n) is 6.11. The van der Waals surface area contributed by atoms with Crippen molar-refractivity contribution in [3.05, 3.63) is 17.5 Å². The number of nitrogens with zero attached hydrogens (tertiary/aromatic N) is 6. The number of fused-ring (bicyclic) bond motifs is 7. The first kappa shape index (κ1) is 17.0. The van der Waals surface area contributed by atoms with Crippen molar-refractivity contribution in [3.8, 4) is 0 Å². The highest BCUT2D eigenvalue weighted by molar-refractivity contribution is 7.98. The molecule has 4 aromatic rings. The number of hydrogen-bond acceptors (Lipinski definition) is 7. The summed E-state index contributed by atoms with van der Waals surface area (Å²) >= 11 is 3.37. The first-order valence-corrected chi connectivity index (χ1v) is 12.2. The van der Waals surface area contributed by atoms with Crippen LogP contribution in [0.1, 0.15) is 43.2 Å². The predicted octanol–water partition coefficient (Wildman–Crippen LogP) is 4.48. The van der Waals surface area contributed by atoms with Crippen LogP contribution in [0.4, 0.5) is 5.82 Å². The Kier molecular flexibility index (Phi) is 3.97. The molecule has 0 spiro atoms. The predicted molar refractivity (Wildman–Crippen MR) is 116 cm³/mol. The quantitative estimate of drug-likeness (QED) is 0.359. The number of piperidine rings is 1. The van der Waals surface area contributed by atoms with E-state index < -0.39 is 0 Å². The van der Waals surface area contributed by atoms with Gasteiger partial charge in [-0.1, -0.05) is 11.8 Å². The van der Waals surface area contributed by atoms with E-state index in [-0.39, 0.29) is 0 Å². The van der Waals surface area contributed by atoms with Gasteiger partial charge in [0.1, 0.15) is 21.7 Å². The Labute approximate surface area is 171 Å². The molecular weight excluding hydrogens is 388 g/mol. The molecule has 144 valence electrons. The molecule has 0 atom stereocenters. The van der Waals surface area contributed by atoms with Crippen LogP contribution < -0.4 is 4.90 Å². The molecule has 2 aliphatic rings. The lowest BCUT2D eigenvalue weighted by Crippen LogP contribution is -2.31. The normalized spacial score (nSPS) is 17.7. The van der Waals surface area contributed by atoms with Gasteiger partial charge < -0.3 is 4.90 Å². The van der Waals surface area contributed by atoms with E-state index in [0.717, 1.165) is 51.8 Å². The van der Waals surface area contributed by atoms with Gasteiger partial charge in [-0.3, -0.25) is 4.40 Å². The summed E-state index contributed by atoms with van der Waals surface area (Å²) in [6, 6.07) is 0. The van der Waals surface area contributed by atoms with Crippen LogP contribution in [0, 0.1) is 0 Å². The third-order valence-corrected chi connectivity index (χ3v) is 7.84. The molecule has 0 bridgehead atoms. The third kappa shape index (κ3) is 2.40. The van der Waals surface area contributed by atoms with E-state index in [0.29, 0.717) is 0 Å². The van der Waals surface area contributed by atoms with Gasteiger partial charge in [0.05, 0.1) is 5.52 Å². The standard InChI is InChI=1S/C20H22N6S2/c1-27-20-22-15-14-12-7-3-4-8-13(12)17(25-9-5-2-6-10-25)23-19(14)28-16(15)18-24-21-11-26(18)20/h11H,2-10H2,1H3. The summed E-state index contributed by atoms with van der Waals surface area (Å²) < 4.78 is 3.11. The summed E-state index contributed by atoms with van der Waals surface area (Å²) in [7, 11) is 0. The second kappa shape index (κ2) is 6.56. The fraction of sp³-hybridized carbons (Fsp3) is 0.500. The summed E-state index contributed by atoms with van der Waals surface area (Å²) in [4.78, 5) is 13.9. The smallest absolute Gasteiger partial charge is 0.182 e. The Balaban J connectivity index is 1.70. The van der Waals surface area contributed by atoms with Crippen LogP contribution in [0.3, 0.4) is 0 Å². The van der Waals surface area contributed by atoms with Crippen molar-refractivity contribution in [2.75, 3.05) is 24.2 Å². The van der Waals surface area contributed by atoms with Gasteiger partial charge in [0.2, 0.25) is 0 Å². The van der Waals surface area contributed by atoms with Crippen molar-refractivity contribution in [2.24, 2.45) is 0 Å². The fourth-order valence-corrected chi connectivity index (χ4v) is 6.44. The molecule has 4 aromatic heterocycles. The monoisotopic (exact) mass is 410 g/mol. The van der Waals surface area contributed by atoms with E-state index in [1.807, 2.05) is 4.40 Å². The molecule has 0 amide bonds. The fourth-order valence-electron chi connectivity index (χ4n) is 4.80. The van der Waals surface area contributed by atoms with Gasteiger partial charge in [-0.2, -0.15) is 0 Å². The largest absolute Gasteiger partial charge is 0.356 e. The van der Waals surface area contributed by atoms with Crippen LogP contribution in [0.2, 0.25) is 0 Å². The number of hydrogen-bond donors (Lipinski definition) is 0. The lowest BCUT2D eigenvalue weighted by atomic mass is 9.89. The average Bonchev–Trinajstić information content (AvgIpc) is 3.37. The Hall–Kier alpha value is -1.93. The Morgan fingerprint density at radius 3 is 2.64 bits per heavy atom. The van der Waals surface area contributed by atoms with Gasteiger partial charge in [0.25, 0.3) is 0 Å². The summed E-state index contributed by atoms with van der Waals surface area (Å²) in [5, 5.41) is 10.8. The van der Waals surface area contributed by atoms with Crippen molar-refractivity contribution in [3.63, 3.8) is 0 Å². The minimum absolute atomic E-state index is 0.904. The van der Waals surface area contributed by atoms with E-state index >= 15 is 0 Å². The van der Waals surface area contributed by atoms with Crippen molar-refractivity contribution in [1.29, 1.82) is 0 Å². The number of pyridine rings is 1. The van der Waals surface area contributed by atoms with Gasteiger partial charge in [-0.25, -0.2) is 9.97 Å². The maximum absolute atomic E-state index is 5.24. The first-order chi connectivity index (χ1) is 13.8. The molecule has 0 aromatic carbocycles. The van der Waals surface area contributed by atoms with E-state index in [4.69, 9.17) is 9.97 Å². The molecule has 1 aliphatic heterocycles. The number of aromatic nitrogens is 5. The highest BCUT2D eigenvalue weighted by Crippen LogP contribution is 2.43. The number of anilines is 1. The summed E-state index contributed by atoms with van der Waals surface area (Å²) in [6.45, 7) is 2.28. The first-order valence-electron chi connectivity index (χ1n) is 10.1. The van der Waals surface area contributed by atoms with Gasteiger partial charge in [-0.05, 0) is 62.3 Å².